The van der Waals surface area contributed by atoms with Crippen LogP contribution < -0.4 is 10.5 Å². The molecule has 0 saturated carbocycles. The second kappa shape index (κ2) is 5.23. The third-order valence-electron chi connectivity index (χ3n) is 2.39. The zero-order valence-electron chi connectivity index (χ0n) is 9.29. The van der Waals surface area contributed by atoms with Crippen molar-refractivity contribution in [3.05, 3.63) is 58.6 Å². The summed E-state index contributed by atoms with van der Waals surface area (Å²) in [4.78, 5) is 0. The summed E-state index contributed by atoms with van der Waals surface area (Å²) in [6.07, 6.45) is 0. The fourth-order valence-electron chi connectivity index (χ4n) is 1.42. The largest absolute Gasteiger partial charge is 0.489 e. The Bertz CT molecular complexity index is 575. The van der Waals surface area contributed by atoms with Crippen molar-refractivity contribution < 1.29 is 13.5 Å². The van der Waals surface area contributed by atoms with Crippen molar-refractivity contribution in [2.24, 2.45) is 0 Å². The molecule has 2 nitrogen and oxygen atoms in total. The number of rotatable bonds is 3. The lowest BCUT2D eigenvalue weighted by molar-refractivity contribution is 0.305. The summed E-state index contributed by atoms with van der Waals surface area (Å²) in [5, 5.41) is 0.0312. The van der Waals surface area contributed by atoms with Crippen molar-refractivity contribution in [3.63, 3.8) is 0 Å². The van der Waals surface area contributed by atoms with Crippen LogP contribution in [0.4, 0.5) is 14.5 Å². The van der Waals surface area contributed by atoms with E-state index in [1.165, 1.54) is 30.3 Å². The van der Waals surface area contributed by atoms with E-state index in [0.29, 0.717) is 17.0 Å². The number of hydrogen-bond acceptors (Lipinski definition) is 2. The molecule has 2 N–H and O–H groups in total. The maximum atomic E-state index is 13.2. The Labute approximate surface area is 108 Å². The van der Waals surface area contributed by atoms with Crippen LogP contribution in [0.25, 0.3) is 0 Å². The second-order valence-corrected chi connectivity index (χ2v) is 4.11. The predicted octanol–water partition coefficient (Wildman–Crippen LogP) is 3.78. The summed E-state index contributed by atoms with van der Waals surface area (Å²) in [7, 11) is 0. The minimum atomic E-state index is -0.554. The highest BCUT2D eigenvalue weighted by Crippen LogP contribution is 2.22. The van der Waals surface area contributed by atoms with Crippen LogP contribution in [0.5, 0.6) is 5.75 Å². The molecule has 0 aromatic heterocycles. The van der Waals surface area contributed by atoms with Gasteiger partial charge in [-0.3, -0.25) is 0 Å². The number of halogens is 3. The van der Waals surface area contributed by atoms with E-state index in [0.717, 1.165) is 0 Å². The van der Waals surface area contributed by atoms with Gasteiger partial charge < -0.3 is 10.5 Å². The Morgan fingerprint density at radius 2 is 1.89 bits per heavy atom. The number of ether oxygens (including phenoxy) is 1. The lowest BCUT2D eigenvalue weighted by atomic mass is 10.2. The molecule has 2 aromatic carbocycles. The van der Waals surface area contributed by atoms with E-state index < -0.39 is 11.6 Å². The van der Waals surface area contributed by atoms with Gasteiger partial charge in [-0.25, -0.2) is 8.78 Å². The molecule has 18 heavy (non-hydrogen) atoms. The Kier molecular flexibility index (Phi) is 3.67. The van der Waals surface area contributed by atoms with Crippen molar-refractivity contribution in [2.45, 2.75) is 6.61 Å². The fourth-order valence-corrected chi connectivity index (χ4v) is 1.54. The summed E-state index contributed by atoms with van der Waals surface area (Å²) in [6.45, 7) is 0.132. The van der Waals surface area contributed by atoms with Crippen LogP contribution in [0.2, 0.25) is 5.02 Å². The molecule has 2 aromatic rings. The fraction of sp³-hybridized carbons (Fsp3) is 0.0769. The summed E-state index contributed by atoms with van der Waals surface area (Å²) < 4.78 is 31.3. The van der Waals surface area contributed by atoms with Gasteiger partial charge in [-0.15, -0.1) is 0 Å². The maximum absolute atomic E-state index is 13.2. The van der Waals surface area contributed by atoms with Crippen molar-refractivity contribution in [2.75, 3.05) is 5.73 Å². The molecule has 0 amide bonds. The van der Waals surface area contributed by atoms with Crippen LogP contribution >= 0.6 is 11.6 Å². The average Bonchev–Trinajstić information content (AvgIpc) is 2.32. The van der Waals surface area contributed by atoms with Gasteiger partial charge in [-0.1, -0.05) is 17.7 Å². The van der Waals surface area contributed by atoms with E-state index in [1.54, 1.807) is 6.07 Å². The van der Waals surface area contributed by atoms with Crippen molar-refractivity contribution in [1.29, 1.82) is 0 Å². The highest BCUT2D eigenvalue weighted by molar-refractivity contribution is 6.30. The van der Waals surface area contributed by atoms with Crippen molar-refractivity contribution >= 4 is 17.3 Å². The molecule has 0 fully saturated rings. The lowest BCUT2D eigenvalue weighted by Crippen LogP contribution is -2.01. The van der Waals surface area contributed by atoms with Crippen LogP contribution in [-0.4, -0.2) is 0 Å². The molecule has 94 valence electrons. The smallest absolute Gasteiger partial charge is 0.145 e. The normalized spacial score (nSPS) is 10.4. The van der Waals surface area contributed by atoms with Gasteiger partial charge >= 0.3 is 0 Å². The Hall–Kier alpha value is -1.81. The van der Waals surface area contributed by atoms with Gasteiger partial charge in [0.2, 0.25) is 0 Å². The number of nitrogen functional groups attached to an aromatic ring is 1. The molecule has 0 unspecified atom stereocenters. The summed E-state index contributed by atoms with van der Waals surface area (Å²) in [5.74, 6) is -0.629. The molecule has 0 radical (unpaired) electrons. The molecule has 0 atom stereocenters. The first-order valence-electron chi connectivity index (χ1n) is 5.18. The molecule has 0 heterocycles. The van der Waals surface area contributed by atoms with Crippen molar-refractivity contribution in [1.82, 2.24) is 0 Å². The summed E-state index contributed by atoms with van der Waals surface area (Å²) in [5.41, 5.74) is 6.55. The molecule has 0 aliphatic rings. The van der Waals surface area contributed by atoms with E-state index in [-0.39, 0.29) is 11.6 Å². The van der Waals surface area contributed by atoms with E-state index in [1.807, 2.05) is 0 Å². The Morgan fingerprint density at radius 3 is 2.56 bits per heavy atom. The zero-order chi connectivity index (χ0) is 13.1. The van der Waals surface area contributed by atoms with Gasteiger partial charge in [0.1, 0.15) is 24.0 Å². The first-order valence-corrected chi connectivity index (χ1v) is 5.56. The zero-order valence-corrected chi connectivity index (χ0v) is 10.0. The van der Waals surface area contributed by atoms with Crippen LogP contribution in [0.3, 0.4) is 0 Å². The molecule has 5 heteroatoms. The van der Waals surface area contributed by atoms with Gasteiger partial charge in [0, 0.05) is 17.3 Å². The Morgan fingerprint density at radius 1 is 1.11 bits per heavy atom. The first kappa shape index (κ1) is 12.6. The molecule has 0 spiro atoms. The van der Waals surface area contributed by atoms with Crippen LogP contribution in [0.1, 0.15) is 5.56 Å². The van der Waals surface area contributed by atoms with E-state index in [9.17, 15) is 8.78 Å². The average molecular weight is 270 g/mol. The van der Waals surface area contributed by atoms with Crippen molar-refractivity contribution in [3.8, 4) is 5.75 Å². The van der Waals surface area contributed by atoms with Gasteiger partial charge in [0.25, 0.3) is 0 Å². The Balaban J connectivity index is 2.09. The van der Waals surface area contributed by atoms with E-state index in [2.05, 4.69) is 0 Å². The molecule has 0 saturated heterocycles. The number of benzene rings is 2. The molecule has 0 aliphatic heterocycles. The van der Waals surface area contributed by atoms with Crippen LogP contribution in [-0.2, 0) is 6.61 Å². The van der Waals surface area contributed by atoms with Crippen LogP contribution in [0.15, 0.2) is 36.4 Å². The minimum absolute atomic E-state index is 0.0312. The van der Waals surface area contributed by atoms with Gasteiger partial charge in [0.15, 0.2) is 0 Å². The van der Waals surface area contributed by atoms with E-state index in [4.69, 9.17) is 22.1 Å². The van der Waals surface area contributed by atoms with Gasteiger partial charge in [-0.05, 0) is 24.3 Å². The number of anilines is 1. The first-order chi connectivity index (χ1) is 8.56. The van der Waals surface area contributed by atoms with Crippen LogP contribution in [0, 0.1) is 11.6 Å². The summed E-state index contributed by atoms with van der Waals surface area (Å²) >= 11 is 5.55. The standard InChI is InChI=1S/C13H10ClF2NO/c14-11-4-3-10(6-12(11)16)18-7-8-1-2-9(15)5-13(8)17/h1-6H,7,17H2. The summed E-state index contributed by atoms with van der Waals surface area (Å²) in [6, 6.07) is 8.16. The molecule has 0 bridgehead atoms. The monoisotopic (exact) mass is 269 g/mol. The third kappa shape index (κ3) is 2.90. The molecule has 2 rings (SSSR count). The molecule has 0 aliphatic carbocycles. The van der Waals surface area contributed by atoms with Gasteiger partial charge in [-0.2, -0.15) is 0 Å². The highest BCUT2D eigenvalue weighted by Gasteiger charge is 2.04. The predicted molar refractivity (Wildman–Crippen MR) is 66.6 cm³/mol. The minimum Gasteiger partial charge on any atom is -0.489 e. The van der Waals surface area contributed by atoms with E-state index >= 15 is 0 Å². The maximum Gasteiger partial charge on any atom is 0.145 e. The quantitative estimate of drug-likeness (QED) is 0.861. The SMILES string of the molecule is Nc1cc(F)ccc1COc1ccc(Cl)c(F)c1. The number of hydrogen-bond donors (Lipinski definition) is 1. The van der Waals surface area contributed by atoms with Gasteiger partial charge in [0.05, 0.1) is 5.02 Å². The third-order valence-corrected chi connectivity index (χ3v) is 2.70. The topological polar surface area (TPSA) is 35.2 Å². The lowest BCUT2D eigenvalue weighted by Gasteiger charge is -2.09. The second-order valence-electron chi connectivity index (χ2n) is 3.71. The molecular weight excluding hydrogens is 260 g/mol. The molecular formula is C13H10ClF2NO. The highest BCUT2D eigenvalue weighted by atomic mass is 35.5. The number of nitrogens with two attached hydrogens (primary N) is 1.